The van der Waals surface area contributed by atoms with Crippen molar-refractivity contribution in [3.63, 3.8) is 0 Å². The van der Waals surface area contributed by atoms with E-state index >= 15 is 0 Å². The van der Waals surface area contributed by atoms with Crippen LogP contribution in [0.4, 0.5) is 4.39 Å². The Morgan fingerprint density at radius 1 is 1.19 bits per heavy atom. The number of carboxylic acids is 1. The number of fused-ring (bicyclic) bond motifs is 1. The summed E-state index contributed by atoms with van der Waals surface area (Å²) in [5.74, 6) is -1.08. The van der Waals surface area contributed by atoms with Gasteiger partial charge in [0, 0.05) is 23.5 Å². The van der Waals surface area contributed by atoms with E-state index in [1.54, 1.807) is 24.3 Å². The lowest BCUT2D eigenvalue weighted by Crippen LogP contribution is -2.24. The number of aliphatic hydroxyl groups is 2. The summed E-state index contributed by atoms with van der Waals surface area (Å²) >= 11 is 0. The van der Waals surface area contributed by atoms with Gasteiger partial charge in [-0.1, -0.05) is 38.1 Å². The first-order valence-electron chi connectivity index (χ1n) is 12.9. The van der Waals surface area contributed by atoms with Gasteiger partial charge >= 0.3 is 5.97 Å². The van der Waals surface area contributed by atoms with E-state index in [9.17, 15) is 19.4 Å². The topological polar surface area (TPSA) is 108 Å². The predicted molar refractivity (Wildman–Crippen MR) is 142 cm³/mol. The number of aliphatic hydroxyl groups excluding tert-OH is 2. The van der Waals surface area contributed by atoms with Gasteiger partial charge in [-0.2, -0.15) is 5.10 Å². The van der Waals surface area contributed by atoms with Crippen LogP contribution in [0.3, 0.4) is 0 Å². The van der Waals surface area contributed by atoms with Gasteiger partial charge in [-0.25, -0.2) is 14.1 Å². The van der Waals surface area contributed by atoms with Crippen molar-refractivity contribution in [2.24, 2.45) is 0 Å². The maximum atomic E-state index is 13.9. The quantitative estimate of drug-likeness (QED) is 0.347. The molecule has 0 radical (unpaired) electrons. The normalized spacial score (nSPS) is 16.1. The van der Waals surface area contributed by atoms with E-state index in [1.807, 2.05) is 18.5 Å². The first-order chi connectivity index (χ1) is 17.4. The minimum atomic E-state index is -1.16. The van der Waals surface area contributed by atoms with Gasteiger partial charge < -0.3 is 15.3 Å². The van der Waals surface area contributed by atoms with Crippen LogP contribution in [0.2, 0.25) is 0 Å². The number of rotatable bonds is 9. The summed E-state index contributed by atoms with van der Waals surface area (Å²) in [6.07, 6.45) is 2.72. The van der Waals surface area contributed by atoms with Crippen LogP contribution >= 0.6 is 0 Å². The molecule has 1 aromatic carbocycles. The molecule has 4 rings (SSSR count). The Kier molecular flexibility index (Phi) is 7.53. The Balaban J connectivity index is 1.97. The van der Waals surface area contributed by atoms with Crippen LogP contribution in [0.5, 0.6) is 0 Å². The van der Waals surface area contributed by atoms with Gasteiger partial charge in [0.2, 0.25) is 0 Å². The highest BCUT2D eigenvalue weighted by atomic mass is 19.1. The zero-order valence-electron chi connectivity index (χ0n) is 22.1. The summed E-state index contributed by atoms with van der Waals surface area (Å²) < 4.78 is 15.9. The van der Waals surface area contributed by atoms with Crippen molar-refractivity contribution >= 4 is 23.1 Å². The molecule has 37 heavy (non-hydrogen) atoms. The molecule has 2 atom stereocenters. The summed E-state index contributed by atoms with van der Waals surface area (Å²) in [6, 6.07) is 6.38. The zero-order valence-corrected chi connectivity index (χ0v) is 22.1. The molecule has 8 heteroatoms. The second-order valence-electron chi connectivity index (χ2n) is 11.3. The van der Waals surface area contributed by atoms with E-state index in [2.05, 4.69) is 20.8 Å². The van der Waals surface area contributed by atoms with Gasteiger partial charge in [0.25, 0.3) is 0 Å². The molecular weight excluding hydrogens is 473 g/mol. The molecule has 3 aromatic rings. The molecule has 0 spiro atoms. The number of aromatic nitrogens is 3. The molecule has 3 N–H and O–H groups in total. The van der Waals surface area contributed by atoms with E-state index in [-0.39, 0.29) is 23.7 Å². The molecule has 1 fully saturated rings. The summed E-state index contributed by atoms with van der Waals surface area (Å²) in [5, 5.41) is 35.5. The van der Waals surface area contributed by atoms with Crippen LogP contribution in [-0.4, -0.2) is 48.3 Å². The molecule has 2 unspecified atom stereocenters. The van der Waals surface area contributed by atoms with Crippen LogP contribution in [0.25, 0.3) is 28.2 Å². The Morgan fingerprint density at radius 2 is 1.84 bits per heavy atom. The summed E-state index contributed by atoms with van der Waals surface area (Å²) in [5.41, 5.74) is 4.80. The fourth-order valence-corrected chi connectivity index (χ4v) is 4.69. The fraction of sp³-hybridized carbons (Fsp3) is 0.483. The maximum Gasteiger partial charge on any atom is 0.305 e. The lowest BCUT2D eigenvalue weighted by Gasteiger charge is -2.22. The molecule has 0 bridgehead atoms. The molecule has 1 saturated carbocycles. The number of hydrogen-bond donors (Lipinski definition) is 3. The minimum Gasteiger partial charge on any atom is -0.481 e. The largest absolute Gasteiger partial charge is 0.481 e. The molecule has 0 aliphatic heterocycles. The van der Waals surface area contributed by atoms with Crippen molar-refractivity contribution in [2.45, 2.75) is 89.9 Å². The first kappa shape index (κ1) is 26.9. The third-order valence-corrected chi connectivity index (χ3v) is 6.60. The number of hydrogen-bond acceptors (Lipinski definition) is 5. The second-order valence-corrected chi connectivity index (χ2v) is 11.3. The van der Waals surface area contributed by atoms with Crippen molar-refractivity contribution < 1.29 is 24.5 Å². The number of benzene rings is 1. The number of aliphatic carboxylic acids is 1. The van der Waals surface area contributed by atoms with Gasteiger partial charge in [-0.3, -0.25) is 4.79 Å². The van der Waals surface area contributed by atoms with Gasteiger partial charge in [-0.05, 0) is 57.2 Å². The van der Waals surface area contributed by atoms with Crippen LogP contribution in [0.15, 0.2) is 30.3 Å². The number of carbonyl (C=O) groups is 1. The SMILES string of the molecule is CC(C)c1nc2c(c(C3CC3)nn2C(C)(C)C)c(-c2ccc(F)cc2)c1/C=C/C(O)CC(O)CC(=O)O. The molecule has 1 aliphatic rings. The lowest BCUT2D eigenvalue weighted by atomic mass is 9.90. The number of halogens is 1. The van der Waals surface area contributed by atoms with Gasteiger partial charge in [0.15, 0.2) is 5.65 Å². The average Bonchev–Trinajstić information content (AvgIpc) is 3.55. The van der Waals surface area contributed by atoms with Gasteiger partial charge in [0.1, 0.15) is 5.82 Å². The van der Waals surface area contributed by atoms with E-state index < -0.39 is 24.6 Å². The molecule has 2 heterocycles. The van der Waals surface area contributed by atoms with Crippen molar-refractivity contribution in [1.29, 1.82) is 0 Å². The summed E-state index contributed by atoms with van der Waals surface area (Å²) in [7, 11) is 0. The van der Waals surface area contributed by atoms with Crippen LogP contribution in [-0.2, 0) is 10.3 Å². The van der Waals surface area contributed by atoms with Gasteiger partial charge in [0.05, 0.1) is 40.9 Å². The number of pyridine rings is 1. The van der Waals surface area contributed by atoms with E-state index in [4.69, 9.17) is 15.2 Å². The number of carboxylic acid groups (broad SMARTS) is 1. The monoisotopic (exact) mass is 509 g/mol. The Bertz CT molecular complexity index is 1320. The van der Waals surface area contributed by atoms with Crippen molar-refractivity contribution in [3.8, 4) is 11.1 Å². The van der Waals surface area contributed by atoms with Crippen LogP contribution in [0, 0.1) is 5.82 Å². The summed E-state index contributed by atoms with van der Waals surface area (Å²) in [6.45, 7) is 10.4. The fourth-order valence-electron chi connectivity index (χ4n) is 4.69. The third-order valence-electron chi connectivity index (χ3n) is 6.60. The molecule has 198 valence electrons. The summed E-state index contributed by atoms with van der Waals surface area (Å²) in [4.78, 5) is 16.0. The van der Waals surface area contributed by atoms with E-state index in [0.29, 0.717) is 5.92 Å². The molecular formula is C29H36FN3O4. The Morgan fingerprint density at radius 3 is 2.38 bits per heavy atom. The number of nitrogens with zero attached hydrogens (tertiary/aromatic N) is 3. The van der Waals surface area contributed by atoms with Crippen molar-refractivity contribution in [2.75, 3.05) is 0 Å². The molecule has 2 aromatic heterocycles. The maximum absolute atomic E-state index is 13.9. The first-order valence-corrected chi connectivity index (χ1v) is 12.9. The van der Waals surface area contributed by atoms with Crippen LogP contribution in [0.1, 0.15) is 89.1 Å². The molecule has 1 aliphatic carbocycles. The highest BCUT2D eigenvalue weighted by Gasteiger charge is 2.34. The second kappa shape index (κ2) is 10.3. The molecule has 0 saturated heterocycles. The third kappa shape index (κ3) is 5.91. The smallest absolute Gasteiger partial charge is 0.305 e. The molecule has 0 amide bonds. The van der Waals surface area contributed by atoms with Crippen LogP contribution < -0.4 is 0 Å². The minimum absolute atomic E-state index is 0.0330. The van der Waals surface area contributed by atoms with E-state index in [0.717, 1.165) is 52.0 Å². The standard InChI is InChI=1S/C29H36FN3O4/c1-16(2)26-22(13-12-20(34)14-21(35)15-23(36)37)24(17-8-10-19(30)11-9-17)25-27(18-6-7-18)32-33(28(25)31-26)29(3,4)5/h8-13,16,18,20-21,34-35H,6-7,14-15H2,1-5H3,(H,36,37)/b13-12+. The Hall–Kier alpha value is -3.10. The molecule has 7 nitrogen and oxygen atoms in total. The van der Waals surface area contributed by atoms with Crippen molar-refractivity contribution in [1.82, 2.24) is 14.8 Å². The van der Waals surface area contributed by atoms with Gasteiger partial charge in [-0.15, -0.1) is 0 Å². The van der Waals surface area contributed by atoms with E-state index in [1.165, 1.54) is 12.1 Å². The Labute approximate surface area is 216 Å². The highest BCUT2D eigenvalue weighted by molar-refractivity contribution is 6.00. The zero-order chi connectivity index (χ0) is 27.1. The highest BCUT2D eigenvalue weighted by Crippen LogP contribution is 2.47. The lowest BCUT2D eigenvalue weighted by molar-refractivity contribution is -0.139. The predicted octanol–water partition coefficient (Wildman–Crippen LogP) is 5.59. The van der Waals surface area contributed by atoms with Crippen molar-refractivity contribution in [3.05, 3.63) is 53.1 Å². The average molecular weight is 510 g/mol.